The highest BCUT2D eigenvalue weighted by atomic mass is 19.1. The molecule has 0 aromatic carbocycles. The van der Waals surface area contributed by atoms with Gasteiger partial charge in [0.25, 0.3) is 0 Å². The number of aliphatic hydroxyl groups is 1. The summed E-state index contributed by atoms with van der Waals surface area (Å²) in [4.78, 5) is 12.3. The van der Waals surface area contributed by atoms with Crippen molar-refractivity contribution in [1.82, 2.24) is 9.97 Å². The molecule has 1 atom stereocenters. The molecule has 0 radical (unpaired) electrons. The van der Waals surface area contributed by atoms with E-state index in [1.54, 1.807) is 0 Å². The first-order valence-electron chi connectivity index (χ1n) is 6.94. The number of hydrogen-bond acceptors (Lipinski definition) is 5. The van der Waals surface area contributed by atoms with Gasteiger partial charge in [-0.25, -0.2) is 9.37 Å². The predicted molar refractivity (Wildman–Crippen MR) is 70.9 cm³/mol. The van der Waals surface area contributed by atoms with Crippen molar-refractivity contribution in [2.75, 3.05) is 36.0 Å². The summed E-state index contributed by atoms with van der Waals surface area (Å²) in [5.41, 5.74) is 0. The Hall–Kier alpha value is -1.43. The number of halogens is 1. The molecule has 1 aromatic heterocycles. The van der Waals surface area contributed by atoms with E-state index in [4.69, 9.17) is 0 Å². The van der Waals surface area contributed by atoms with E-state index < -0.39 is 0 Å². The zero-order valence-electron chi connectivity index (χ0n) is 10.9. The predicted octanol–water partition coefficient (Wildman–Crippen LogP) is 1.18. The lowest BCUT2D eigenvalue weighted by Gasteiger charge is -2.30. The van der Waals surface area contributed by atoms with Gasteiger partial charge in [0.2, 0.25) is 5.95 Å². The lowest BCUT2D eigenvalue weighted by molar-refractivity contribution is 0.153. The minimum Gasteiger partial charge on any atom is -0.391 e. The zero-order chi connectivity index (χ0) is 13.2. The smallest absolute Gasteiger partial charge is 0.227 e. The summed E-state index contributed by atoms with van der Waals surface area (Å²) >= 11 is 0. The Morgan fingerprint density at radius 2 is 1.89 bits per heavy atom. The van der Waals surface area contributed by atoms with Crippen LogP contribution in [0.25, 0.3) is 0 Å². The molecule has 3 heterocycles. The molecule has 5 nitrogen and oxygen atoms in total. The molecule has 2 aliphatic heterocycles. The van der Waals surface area contributed by atoms with Gasteiger partial charge in [-0.15, -0.1) is 0 Å². The summed E-state index contributed by atoms with van der Waals surface area (Å²) in [6, 6.07) is 0. The fourth-order valence-corrected chi connectivity index (χ4v) is 2.79. The zero-order valence-corrected chi connectivity index (χ0v) is 10.9. The molecule has 0 aliphatic carbocycles. The van der Waals surface area contributed by atoms with Crippen LogP contribution in [0.15, 0.2) is 6.20 Å². The monoisotopic (exact) mass is 266 g/mol. The van der Waals surface area contributed by atoms with Gasteiger partial charge in [0.15, 0.2) is 11.6 Å². The summed E-state index contributed by atoms with van der Waals surface area (Å²) in [7, 11) is 0. The third kappa shape index (κ3) is 2.63. The van der Waals surface area contributed by atoms with Crippen LogP contribution in [0.2, 0.25) is 0 Å². The van der Waals surface area contributed by atoms with E-state index in [1.165, 1.54) is 6.20 Å². The van der Waals surface area contributed by atoms with Crippen LogP contribution in [0, 0.1) is 5.82 Å². The van der Waals surface area contributed by atoms with Crippen molar-refractivity contribution in [2.24, 2.45) is 0 Å². The molecule has 3 rings (SSSR count). The Balaban J connectivity index is 1.83. The molecule has 2 aliphatic rings. The first kappa shape index (κ1) is 12.6. The molecular formula is C13H19FN4O. The number of aromatic nitrogens is 2. The lowest BCUT2D eigenvalue weighted by Crippen LogP contribution is -2.39. The largest absolute Gasteiger partial charge is 0.391 e. The van der Waals surface area contributed by atoms with Gasteiger partial charge < -0.3 is 14.9 Å². The van der Waals surface area contributed by atoms with Crippen LogP contribution in [-0.2, 0) is 0 Å². The van der Waals surface area contributed by atoms with Crippen molar-refractivity contribution in [3.8, 4) is 0 Å². The average molecular weight is 266 g/mol. The van der Waals surface area contributed by atoms with Crippen LogP contribution in [0.3, 0.4) is 0 Å². The van der Waals surface area contributed by atoms with Gasteiger partial charge in [-0.3, -0.25) is 0 Å². The third-order valence-corrected chi connectivity index (χ3v) is 3.80. The normalized spacial score (nSPS) is 24.0. The van der Waals surface area contributed by atoms with Crippen molar-refractivity contribution in [3.05, 3.63) is 12.0 Å². The molecule has 2 saturated heterocycles. The molecule has 0 bridgehead atoms. The molecule has 19 heavy (non-hydrogen) atoms. The van der Waals surface area contributed by atoms with Crippen LogP contribution in [0.1, 0.15) is 25.7 Å². The SMILES string of the molecule is O[C@H]1CCCN(c2ncc(F)c(N3CCCC3)n2)C1. The number of nitrogens with zero attached hydrogens (tertiary/aromatic N) is 4. The number of hydrogen-bond donors (Lipinski definition) is 1. The molecule has 6 heteroatoms. The molecule has 0 spiro atoms. The fourth-order valence-electron chi connectivity index (χ4n) is 2.79. The van der Waals surface area contributed by atoms with Crippen molar-refractivity contribution in [1.29, 1.82) is 0 Å². The standard InChI is InChI=1S/C13H19FN4O/c14-11-8-15-13(18-7-3-4-10(19)9-18)16-12(11)17-5-1-2-6-17/h8,10,19H,1-7,9H2/t10-/m0/s1. The quantitative estimate of drug-likeness (QED) is 0.871. The van der Waals surface area contributed by atoms with Gasteiger partial charge in [0.05, 0.1) is 12.3 Å². The van der Waals surface area contributed by atoms with Crippen molar-refractivity contribution in [2.45, 2.75) is 31.8 Å². The summed E-state index contributed by atoms with van der Waals surface area (Å²) in [6.45, 7) is 3.07. The van der Waals surface area contributed by atoms with Gasteiger partial charge in [0, 0.05) is 26.2 Å². The number of piperidine rings is 1. The maximum Gasteiger partial charge on any atom is 0.227 e. The number of aliphatic hydroxyl groups excluding tert-OH is 1. The van der Waals surface area contributed by atoms with Crippen LogP contribution < -0.4 is 9.80 Å². The van der Waals surface area contributed by atoms with Crippen LogP contribution in [-0.4, -0.2) is 47.4 Å². The van der Waals surface area contributed by atoms with E-state index in [0.29, 0.717) is 18.3 Å². The molecular weight excluding hydrogens is 247 g/mol. The summed E-state index contributed by atoms with van der Waals surface area (Å²) in [5, 5.41) is 9.69. The summed E-state index contributed by atoms with van der Waals surface area (Å²) in [6.07, 6.45) is 4.81. The van der Waals surface area contributed by atoms with Gasteiger partial charge in [-0.05, 0) is 25.7 Å². The molecule has 0 saturated carbocycles. The Morgan fingerprint density at radius 3 is 2.63 bits per heavy atom. The van der Waals surface area contributed by atoms with Crippen molar-refractivity contribution < 1.29 is 9.50 Å². The first-order chi connectivity index (χ1) is 9.24. The number of rotatable bonds is 2. The van der Waals surface area contributed by atoms with Crippen LogP contribution in [0.4, 0.5) is 16.2 Å². The van der Waals surface area contributed by atoms with E-state index in [2.05, 4.69) is 9.97 Å². The summed E-state index contributed by atoms with van der Waals surface area (Å²) in [5.74, 6) is 0.577. The molecule has 0 unspecified atom stereocenters. The van der Waals surface area contributed by atoms with E-state index in [9.17, 15) is 9.50 Å². The Morgan fingerprint density at radius 1 is 1.16 bits per heavy atom. The van der Waals surface area contributed by atoms with Gasteiger partial charge in [-0.1, -0.05) is 0 Å². The third-order valence-electron chi connectivity index (χ3n) is 3.80. The van der Waals surface area contributed by atoms with Crippen LogP contribution >= 0.6 is 0 Å². The summed E-state index contributed by atoms with van der Waals surface area (Å²) < 4.78 is 13.8. The average Bonchev–Trinajstić information content (AvgIpc) is 2.93. The topological polar surface area (TPSA) is 52.5 Å². The van der Waals surface area contributed by atoms with Gasteiger partial charge in [0.1, 0.15) is 0 Å². The minimum absolute atomic E-state index is 0.336. The lowest BCUT2D eigenvalue weighted by atomic mass is 10.1. The maximum absolute atomic E-state index is 13.8. The first-order valence-corrected chi connectivity index (χ1v) is 6.94. The molecule has 104 valence electrons. The highest BCUT2D eigenvalue weighted by molar-refractivity contribution is 5.46. The van der Waals surface area contributed by atoms with E-state index in [1.807, 2.05) is 9.80 Å². The molecule has 0 amide bonds. The fraction of sp³-hybridized carbons (Fsp3) is 0.692. The van der Waals surface area contributed by atoms with Crippen LogP contribution in [0.5, 0.6) is 0 Å². The molecule has 2 fully saturated rings. The minimum atomic E-state index is -0.358. The Kier molecular flexibility index (Phi) is 3.50. The Bertz CT molecular complexity index is 450. The van der Waals surface area contributed by atoms with E-state index >= 15 is 0 Å². The molecule has 1 aromatic rings. The van der Waals surface area contributed by atoms with Crippen molar-refractivity contribution in [3.63, 3.8) is 0 Å². The highest BCUT2D eigenvalue weighted by Gasteiger charge is 2.23. The second-order valence-electron chi connectivity index (χ2n) is 5.28. The number of β-amino-alcohol motifs (C(OH)–C–C–N with tert-alkyl or cyclic N) is 1. The maximum atomic E-state index is 13.8. The Labute approximate surface area is 112 Å². The highest BCUT2D eigenvalue weighted by Crippen LogP contribution is 2.24. The van der Waals surface area contributed by atoms with Crippen molar-refractivity contribution >= 4 is 11.8 Å². The van der Waals surface area contributed by atoms with E-state index in [-0.39, 0.29) is 11.9 Å². The second-order valence-corrected chi connectivity index (χ2v) is 5.28. The number of anilines is 2. The van der Waals surface area contributed by atoms with Gasteiger partial charge >= 0.3 is 0 Å². The van der Waals surface area contributed by atoms with Gasteiger partial charge in [-0.2, -0.15) is 4.98 Å². The molecule has 1 N–H and O–H groups in total. The second kappa shape index (κ2) is 5.28. The van der Waals surface area contributed by atoms with E-state index in [0.717, 1.165) is 45.3 Å².